The van der Waals surface area contributed by atoms with Gasteiger partial charge in [-0.2, -0.15) is 4.31 Å². The Balaban J connectivity index is 1.57. The summed E-state index contributed by atoms with van der Waals surface area (Å²) < 4.78 is 37.4. The van der Waals surface area contributed by atoms with Crippen molar-refractivity contribution in [3.8, 4) is 5.75 Å². The van der Waals surface area contributed by atoms with Crippen LogP contribution in [0.3, 0.4) is 0 Å². The Bertz CT molecular complexity index is 1170. The third-order valence-electron chi connectivity index (χ3n) is 4.89. The lowest BCUT2D eigenvalue weighted by Gasteiger charge is -2.26. The third-order valence-corrected chi connectivity index (χ3v) is 6.80. The molecule has 1 amide bonds. The molecule has 2 heterocycles. The standard InChI is InChI=1S/C21H21N3O5S/c1-28-17-13-16-3-2-8-22-20(16)19(14-17)23-21(25)15-4-6-18(7-5-15)30(26,27)24-9-11-29-12-10-24/h2-8,13-14H,9-12H2,1H3,(H,23,25). The number of benzene rings is 2. The summed E-state index contributed by atoms with van der Waals surface area (Å²) in [4.78, 5) is 17.2. The molecule has 30 heavy (non-hydrogen) atoms. The van der Waals surface area contributed by atoms with Gasteiger partial charge in [0.2, 0.25) is 10.0 Å². The highest BCUT2D eigenvalue weighted by molar-refractivity contribution is 7.89. The smallest absolute Gasteiger partial charge is 0.255 e. The monoisotopic (exact) mass is 427 g/mol. The zero-order valence-corrected chi connectivity index (χ0v) is 17.2. The topological polar surface area (TPSA) is 97.8 Å². The number of methoxy groups -OCH3 is 1. The number of rotatable bonds is 5. The Hall–Kier alpha value is -3.01. The molecule has 8 nitrogen and oxygen atoms in total. The van der Waals surface area contributed by atoms with Gasteiger partial charge in [0.25, 0.3) is 5.91 Å². The molecule has 1 saturated heterocycles. The molecular weight excluding hydrogens is 406 g/mol. The fraction of sp³-hybridized carbons (Fsp3) is 0.238. The Morgan fingerprint density at radius 1 is 1.13 bits per heavy atom. The van der Waals surface area contributed by atoms with Crippen molar-refractivity contribution >= 4 is 32.5 Å². The van der Waals surface area contributed by atoms with Crippen LogP contribution >= 0.6 is 0 Å². The van der Waals surface area contributed by atoms with Gasteiger partial charge in [-0.15, -0.1) is 0 Å². The average Bonchev–Trinajstić information content (AvgIpc) is 2.79. The van der Waals surface area contributed by atoms with E-state index in [0.717, 1.165) is 5.39 Å². The van der Waals surface area contributed by atoms with Crippen molar-refractivity contribution in [1.82, 2.24) is 9.29 Å². The van der Waals surface area contributed by atoms with Crippen LogP contribution in [0.15, 0.2) is 59.6 Å². The van der Waals surface area contributed by atoms with Gasteiger partial charge in [-0.1, -0.05) is 6.07 Å². The van der Waals surface area contributed by atoms with E-state index in [-0.39, 0.29) is 10.8 Å². The summed E-state index contributed by atoms with van der Waals surface area (Å²) in [5.41, 5.74) is 1.49. The van der Waals surface area contributed by atoms with Crippen molar-refractivity contribution in [3.05, 3.63) is 60.3 Å². The molecule has 3 aromatic rings. The van der Waals surface area contributed by atoms with Crippen molar-refractivity contribution in [2.24, 2.45) is 0 Å². The first kappa shape index (κ1) is 20.3. The lowest BCUT2D eigenvalue weighted by molar-refractivity contribution is 0.0730. The van der Waals surface area contributed by atoms with Gasteiger partial charge in [0.05, 0.1) is 36.4 Å². The summed E-state index contributed by atoms with van der Waals surface area (Å²) in [6.07, 6.45) is 1.65. The minimum Gasteiger partial charge on any atom is -0.497 e. The second-order valence-electron chi connectivity index (χ2n) is 6.75. The number of hydrogen-bond acceptors (Lipinski definition) is 6. The molecule has 2 aromatic carbocycles. The molecule has 1 aliphatic rings. The van der Waals surface area contributed by atoms with Crippen molar-refractivity contribution in [3.63, 3.8) is 0 Å². The molecule has 0 atom stereocenters. The highest BCUT2D eigenvalue weighted by Crippen LogP contribution is 2.28. The first-order chi connectivity index (χ1) is 14.5. The molecule has 156 valence electrons. The Kier molecular flexibility index (Phi) is 5.67. The van der Waals surface area contributed by atoms with Gasteiger partial charge >= 0.3 is 0 Å². The number of morpholine rings is 1. The normalized spacial score (nSPS) is 15.1. The van der Waals surface area contributed by atoms with Crippen LogP contribution < -0.4 is 10.1 Å². The maximum atomic E-state index is 12.8. The van der Waals surface area contributed by atoms with Crippen LogP contribution in [0.4, 0.5) is 5.69 Å². The summed E-state index contributed by atoms with van der Waals surface area (Å²) in [6.45, 7) is 1.39. The van der Waals surface area contributed by atoms with Crippen LogP contribution in [0.1, 0.15) is 10.4 Å². The number of carbonyl (C=O) groups excluding carboxylic acids is 1. The van der Waals surface area contributed by atoms with Crippen LogP contribution in [0.2, 0.25) is 0 Å². The van der Waals surface area contributed by atoms with E-state index < -0.39 is 10.0 Å². The number of carbonyl (C=O) groups is 1. The maximum absolute atomic E-state index is 12.8. The number of anilines is 1. The van der Waals surface area contributed by atoms with Crippen LogP contribution in [0.5, 0.6) is 5.75 Å². The predicted octanol–water partition coefficient (Wildman–Crippen LogP) is 2.52. The minimum atomic E-state index is -3.61. The molecule has 4 rings (SSSR count). The van der Waals surface area contributed by atoms with Crippen molar-refractivity contribution in [1.29, 1.82) is 0 Å². The van der Waals surface area contributed by atoms with Gasteiger partial charge in [0, 0.05) is 36.3 Å². The molecule has 1 N–H and O–H groups in total. The minimum absolute atomic E-state index is 0.148. The molecule has 0 bridgehead atoms. The van der Waals surface area contributed by atoms with Gasteiger partial charge in [0.1, 0.15) is 5.75 Å². The summed E-state index contributed by atoms with van der Waals surface area (Å²) in [6, 6.07) is 13.1. The Morgan fingerprint density at radius 3 is 2.57 bits per heavy atom. The summed E-state index contributed by atoms with van der Waals surface area (Å²) >= 11 is 0. The number of aromatic nitrogens is 1. The van der Waals surface area contributed by atoms with Gasteiger partial charge in [-0.3, -0.25) is 9.78 Å². The van der Waals surface area contributed by atoms with Gasteiger partial charge in [-0.05, 0) is 36.4 Å². The predicted molar refractivity (Wildman–Crippen MR) is 112 cm³/mol. The van der Waals surface area contributed by atoms with E-state index in [1.54, 1.807) is 25.4 Å². The van der Waals surface area contributed by atoms with Gasteiger partial charge in [-0.25, -0.2) is 8.42 Å². The van der Waals surface area contributed by atoms with Crippen LogP contribution in [0, 0.1) is 0 Å². The molecule has 0 radical (unpaired) electrons. The zero-order chi connectivity index (χ0) is 21.1. The molecule has 0 saturated carbocycles. The molecule has 1 fully saturated rings. The average molecular weight is 427 g/mol. The number of hydrogen-bond donors (Lipinski definition) is 1. The number of pyridine rings is 1. The van der Waals surface area contributed by atoms with Crippen molar-refractivity contribution in [2.75, 3.05) is 38.7 Å². The number of ether oxygens (including phenoxy) is 2. The number of sulfonamides is 1. The van der Waals surface area contributed by atoms with Gasteiger partial charge in [0.15, 0.2) is 0 Å². The highest BCUT2D eigenvalue weighted by atomic mass is 32.2. The molecule has 1 aliphatic heterocycles. The number of fused-ring (bicyclic) bond motifs is 1. The van der Waals surface area contributed by atoms with E-state index in [2.05, 4.69) is 10.3 Å². The number of nitrogens with one attached hydrogen (secondary N) is 1. The third kappa shape index (κ3) is 4.00. The SMILES string of the molecule is COc1cc(NC(=O)c2ccc(S(=O)(=O)N3CCOCC3)cc2)c2ncccc2c1. The maximum Gasteiger partial charge on any atom is 0.255 e. The molecule has 0 unspecified atom stereocenters. The van der Waals surface area contributed by atoms with Crippen LogP contribution in [-0.2, 0) is 14.8 Å². The quantitative estimate of drug-likeness (QED) is 0.672. The second kappa shape index (κ2) is 8.39. The molecular formula is C21H21N3O5S. The van der Waals surface area contributed by atoms with Gasteiger partial charge < -0.3 is 14.8 Å². The van der Waals surface area contributed by atoms with E-state index in [1.807, 2.05) is 12.1 Å². The molecule has 0 spiro atoms. The lowest BCUT2D eigenvalue weighted by Crippen LogP contribution is -2.40. The largest absolute Gasteiger partial charge is 0.497 e. The van der Waals surface area contributed by atoms with Crippen LogP contribution in [0.25, 0.3) is 10.9 Å². The molecule has 1 aromatic heterocycles. The van der Waals surface area contributed by atoms with E-state index in [0.29, 0.717) is 48.8 Å². The summed E-state index contributed by atoms with van der Waals surface area (Å²) in [5, 5.41) is 3.67. The molecule has 0 aliphatic carbocycles. The van der Waals surface area contributed by atoms with Crippen molar-refractivity contribution < 1.29 is 22.7 Å². The Labute approximate surface area is 174 Å². The zero-order valence-electron chi connectivity index (χ0n) is 16.4. The Morgan fingerprint density at radius 2 is 1.87 bits per heavy atom. The second-order valence-corrected chi connectivity index (χ2v) is 8.68. The number of amides is 1. The van der Waals surface area contributed by atoms with E-state index in [4.69, 9.17) is 9.47 Å². The van der Waals surface area contributed by atoms with Crippen LogP contribution in [-0.4, -0.2) is 57.0 Å². The molecule has 9 heteroatoms. The van der Waals surface area contributed by atoms with Crippen molar-refractivity contribution in [2.45, 2.75) is 4.90 Å². The number of nitrogens with zero attached hydrogens (tertiary/aromatic N) is 2. The fourth-order valence-corrected chi connectivity index (χ4v) is 4.69. The lowest BCUT2D eigenvalue weighted by atomic mass is 10.1. The summed E-state index contributed by atoms with van der Waals surface area (Å²) in [5.74, 6) is 0.225. The van der Waals surface area contributed by atoms with E-state index >= 15 is 0 Å². The highest BCUT2D eigenvalue weighted by Gasteiger charge is 2.26. The first-order valence-electron chi connectivity index (χ1n) is 9.41. The summed E-state index contributed by atoms with van der Waals surface area (Å²) in [7, 11) is -2.05. The fourth-order valence-electron chi connectivity index (χ4n) is 3.29. The first-order valence-corrected chi connectivity index (χ1v) is 10.8. The van der Waals surface area contributed by atoms with E-state index in [1.165, 1.54) is 28.6 Å². The van der Waals surface area contributed by atoms with E-state index in [9.17, 15) is 13.2 Å².